The number of hydrogen-bond acceptors (Lipinski definition) is 8. The number of nitrogens with zero attached hydrogens (tertiary/aromatic N) is 1. The van der Waals surface area contributed by atoms with Gasteiger partial charge in [-0.1, -0.05) is 46.2 Å². The summed E-state index contributed by atoms with van der Waals surface area (Å²) in [6.45, 7) is 14.0. The van der Waals surface area contributed by atoms with Gasteiger partial charge in [-0.05, 0) is 55.2 Å². The molecule has 1 saturated heterocycles. The third kappa shape index (κ3) is 11.8. The zero-order chi connectivity index (χ0) is 29.2. The molecule has 40 heavy (non-hydrogen) atoms. The summed E-state index contributed by atoms with van der Waals surface area (Å²) in [5, 5.41) is 10.1. The van der Waals surface area contributed by atoms with Gasteiger partial charge in [-0.25, -0.2) is 0 Å². The predicted octanol–water partition coefficient (Wildman–Crippen LogP) is 5.86. The highest BCUT2D eigenvalue weighted by atomic mass is 32.2. The number of ketones is 1. The molecular weight excluding hydrogens is 526 g/mol. The van der Waals surface area contributed by atoms with E-state index in [0.717, 1.165) is 76.3 Å². The Bertz CT molecular complexity index is 860. The van der Waals surface area contributed by atoms with Crippen molar-refractivity contribution in [3.63, 3.8) is 0 Å². The molecule has 0 amide bonds. The van der Waals surface area contributed by atoms with Crippen LogP contribution >= 0.6 is 11.8 Å². The van der Waals surface area contributed by atoms with Gasteiger partial charge in [-0.2, -0.15) is 0 Å². The van der Waals surface area contributed by atoms with Gasteiger partial charge in [0.05, 0.1) is 25.9 Å². The largest absolute Gasteiger partial charge is 0.464 e. The maximum Gasteiger partial charge on any atom is 0.305 e. The van der Waals surface area contributed by atoms with Crippen LogP contribution < -0.4 is 0 Å². The molecule has 1 heterocycles. The smallest absolute Gasteiger partial charge is 0.305 e. The highest BCUT2D eigenvalue weighted by Crippen LogP contribution is 2.40. The molecule has 0 bridgehead atoms. The lowest BCUT2D eigenvalue weighted by Crippen LogP contribution is -2.38. The number of Topliss-reactive ketones (excluding diaryl/α,β-unsaturated/α-hetero) is 1. The number of rotatable bonds is 13. The molecule has 0 spiro atoms. The molecule has 1 N–H and O–H groups in total. The molecule has 1 aromatic carbocycles. The van der Waals surface area contributed by atoms with Crippen LogP contribution in [0.15, 0.2) is 23.1 Å². The van der Waals surface area contributed by atoms with Gasteiger partial charge >= 0.3 is 5.97 Å². The standard InChI is InChI=1S/C27H39NO6S.C3H8.C2H6/c29-24-10-8-22-21(24)4-3-5-26(22)35-19-23-20(7-9-25(23)30)18-33-14-2-1-6-27(31)34-17-13-28-11-15-32-16-12-28;1-3-2;1-2/h3-5,20,23-24,29H,1-2,6-19H2;3H2,1-2H3;1-2H3/t20-,23?,24?;;/m1../s1. The summed E-state index contributed by atoms with van der Waals surface area (Å²) in [5.74, 6) is 1.27. The predicted molar refractivity (Wildman–Crippen MR) is 162 cm³/mol. The van der Waals surface area contributed by atoms with Crippen LogP contribution in [0.5, 0.6) is 0 Å². The molecule has 228 valence electrons. The van der Waals surface area contributed by atoms with Gasteiger partial charge in [0.25, 0.3) is 0 Å². The summed E-state index contributed by atoms with van der Waals surface area (Å²) in [6.07, 6.45) is 6.12. The van der Waals surface area contributed by atoms with Crippen LogP contribution in [0, 0.1) is 11.8 Å². The van der Waals surface area contributed by atoms with Gasteiger partial charge < -0.3 is 19.3 Å². The lowest BCUT2D eigenvalue weighted by atomic mass is 9.98. The monoisotopic (exact) mass is 579 g/mol. The molecule has 8 heteroatoms. The number of thioether (sulfide) groups is 1. The minimum Gasteiger partial charge on any atom is -0.464 e. The minimum absolute atomic E-state index is 0.0311. The number of morpholine rings is 1. The zero-order valence-electron chi connectivity index (χ0n) is 25.3. The van der Waals surface area contributed by atoms with E-state index in [-0.39, 0.29) is 23.9 Å². The normalized spacial score (nSPS) is 22.1. The number of carbonyl (C=O) groups excluding carboxylic acids is 2. The lowest BCUT2D eigenvalue weighted by molar-refractivity contribution is -0.144. The second kappa shape index (κ2) is 20.4. The van der Waals surface area contributed by atoms with Crippen LogP contribution in [-0.2, 0) is 30.2 Å². The molecule has 0 aromatic heterocycles. The van der Waals surface area contributed by atoms with Crippen molar-refractivity contribution in [2.24, 2.45) is 11.8 Å². The van der Waals surface area contributed by atoms with E-state index in [2.05, 4.69) is 24.8 Å². The van der Waals surface area contributed by atoms with Crippen molar-refractivity contribution in [2.75, 3.05) is 58.4 Å². The topological polar surface area (TPSA) is 85.3 Å². The van der Waals surface area contributed by atoms with Crippen molar-refractivity contribution in [2.45, 2.75) is 90.1 Å². The molecule has 1 saturated carbocycles. The molecule has 2 unspecified atom stereocenters. The molecular formula is C32H53NO6S. The van der Waals surface area contributed by atoms with E-state index >= 15 is 0 Å². The second-order valence-electron chi connectivity index (χ2n) is 10.5. The van der Waals surface area contributed by atoms with Gasteiger partial charge in [0.2, 0.25) is 0 Å². The third-order valence-electron chi connectivity index (χ3n) is 7.38. The second-order valence-corrected chi connectivity index (χ2v) is 11.5. The first kappa shape index (κ1) is 34.7. The summed E-state index contributed by atoms with van der Waals surface area (Å²) in [5.41, 5.74) is 2.30. The van der Waals surface area contributed by atoms with Crippen molar-refractivity contribution in [1.82, 2.24) is 4.90 Å². The number of benzene rings is 1. The summed E-state index contributed by atoms with van der Waals surface area (Å²) in [6, 6.07) is 6.13. The lowest BCUT2D eigenvalue weighted by Gasteiger charge is -2.26. The van der Waals surface area contributed by atoms with Crippen LogP contribution in [0.4, 0.5) is 0 Å². The molecule has 2 fully saturated rings. The van der Waals surface area contributed by atoms with E-state index in [9.17, 15) is 14.7 Å². The molecule has 3 atom stereocenters. The SMILES string of the molecule is CC.CCC.O=C(CCCCOC[C@H]1CCC(=O)C1CSc1cccc2c1CCC2O)OCCN1CCOCC1. The first-order valence-electron chi connectivity index (χ1n) is 15.5. The van der Waals surface area contributed by atoms with Crippen molar-refractivity contribution in [3.05, 3.63) is 29.3 Å². The van der Waals surface area contributed by atoms with E-state index in [4.69, 9.17) is 14.2 Å². The van der Waals surface area contributed by atoms with Crippen LogP contribution in [0.25, 0.3) is 0 Å². The Hall–Kier alpha value is -1.45. The van der Waals surface area contributed by atoms with E-state index in [1.165, 1.54) is 16.9 Å². The Morgan fingerprint density at radius 2 is 1.85 bits per heavy atom. The Kier molecular flexibility index (Phi) is 17.7. The van der Waals surface area contributed by atoms with E-state index in [1.54, 1.807) is 11.8 Å². The minimum atomic E-state index is -0.350. The van der Waals surface area contributed by atoms with Crippen LogP contribution in [-0.4, -0.2) is 80.2 Å². The fourth-order valence-electron chi connectivity index (χ4n) is 5.21. The van der Waals surface area contributed by atoms with Crippen molar-refractivity contribution >= 4 is 23.5 Å². The number of carbonyl (C=O) groups is 2. The molecule has 1 aromatic rings. The van der Waals surface area contributed by atoms with E-state index in [0.29, 0.717) is 38.4 Å². The Morgan fingerprint density at radius 3 is 2.60 bits per heavy atom. The number of hydrogen-bond donors (Lipinski definition) is 1. The first-order chi connectivity index (χ1) is 19.5. The van der Waals surface area contributed by atoms with E-state index < -0.39 is 0 Å². The average molecular weight is 580 g/mol. The van der Waals surface area contributed by atoms with Crippen molar-refractivity contribution < 1.29 is 28.9 Å². The van der Waals surface area contributed by atoms with Gasteiger partial charge in [-0.3, -0.25) is 14.5 Å². The molecule has 4 rings (SSSR count). The van der Waals surface area contributed by atoms with E-state index in [1.807, 2.05) is 26.0 Å². The maximum atomic E-state index is 12.5. The number of ether oxygens (including phenoxy) is 3. The molecule has 1 aliphatic heterocycles. The zero-order valence-corrected chi connectivity index (χ0v) is 26.1. The Labute approximate surface area is 246 Å². The number of aliphatic hydroxyl groups excluding tert-OH is 1. The van der Waals surface area contributed by atoms with Gasteiger partial charge in [0.1, 0.15) is 12.4 Å². The van der Waals surface area contributed by atoms with Crippen LogP contribution in [0.1, 0.15) is 89.9 Å². The quantitative estimate of drug-likeness (QED) is 0.177. The summed E-state index contributed by atoms with van der Waals surface area (Å²) >= 11 is 1.75. The van der Waals surface area contributed by atoms with Crippen LogP contribution in [0.2, 0.25) is 0 Å². The van der Waals surface area contributed by atoms with Crippen molar-refractivity contribution in [3.8, 4) is 0 Å². The fraction of sp³-hybridized carbons (Fsp3) is 0.750. The Morgan fingerprint density at radius 1 is 1.10 bits per heavy atom. The van der Waals surface area contributed by atoms with Gasteiger partial charge in [0, 0.05) is 55.6 Å². The third-order valence-corrected chi connectivity index (χ3v) is 8.60. The fourth-order valence-corrected chi connectivity index (χ4v) is 6.60. The summed E-state index contributed by atoms with van der Waals surface area (Å²) in [4.78, 5) is 27.9. The van der Waals surface area contributed by atoms with Crippen LogP contribution in [0.3, 0.4) is 0 Å². The maximum absolute atomic E-state index is 12.5. The first-order valence-corrected chi connectivity index (χ1v) is 16.5. The highest BCUT2D eigenvalue weighted by Gasteiger charge is 2.35. The molecule has 3 aliphatic rings. The molecule has 7 nitrogen and oxygen atoms in total. The summed E-state index contributed by atoms with van der Waals surface area (Å²) in [7, 11) is 0. The van der Waals surface area contributed by atoms with Crippen molar-refractivity contribution in [1.29, 1.82) is 0 Å². The molecule has 0 radical (unpaired) electrons. The highest BCUT2D eigenvalue weighted by molar-refractivity contribution is 7.99. The number of unbranched alkanes of at least 4 members (excludes halogenated alkanes) is 1. The Balaban J connectivity index is 0.00000105. The number of fused-ring (bicyclic) bond motifs is 1. The number of esters is 1. The van der Waals surface area contributed by atoms with Gasteiger partial charge in [0.15, 0.2) is 0 Å². The summed E-state index contributed by atoms with van der Waals surface area (Å²) < 4.78 is 16.6. The molecule has 2 aliphatic carbocycles. The average Bonchev–Trinajstić information content (AvgIpc) is 3.53. The van der Waals surface area contributed by atoms with Gasteiger partial charge in [-0.15, -0.1) is 11.8 Å². The number of aliphatic hydroxyl groups is 1.